The van der Waals surface area contributed by atoms with Crippen molar-refractivity contribution in [2.75, 3.05) is 0 Å². The minimum absolute atomic E-state index is 0.226. The van der Waals surface area contributed by atoms with Crippen LogP contribution in [0, 0.1) is 12.7 Å². The molecule has 3 rings (SSSR count). The fourth-order valence-corrected chi connectivity index (χ4v) is 2.03. The molecular weight excluding hydrogens is 215 g/mol. The molecule has 0 aliphatic carbocycles. The van der Waals surface area contributed by atoms with E-state index in [1.165, 1.54) is 17.7 Å². The predicted molar refractivity (Wildman–Crippen MR) is 64.5 cm³/mol. The lowest BCUT2D eigenvalue weighted by Gasteiger charge is -1.98. The monoisotopic (exact) mass is 227 g/mol. The number of halogens is 1. The Labute approximate surface area is 98.3 Å². The van der Waals surface area contributed by atoms with Gasteiger partial charge in [-0.15, -0.1) is 0 Å². The number of nitrogens with one attached hydrogen (secondary N) is 1. The molecule has 0 atom stereocenters. The lowest BCUT2D eigenvalue weighted by atomic mass is 10.2. The van der Waals surface area contributed by atoms with Crippen molar-refractivity contribution in [2.24, 2.45) is 0 Å². The predicted octanol–water partition coefficient (Wildman–Crippen LogP) is 2.89. The van der Waals surface area contributed by atoms with Crippen LogP contribution in [-0.4, -0.2) is 4.98 Å². The fraction of sp³-hybridized carbons (Fsp3) is 0.0714. The molecule has 0 spiro atoms. The standard InChI is InChI=1S/C14H11FN2/c1-10-3-2-4-12(7-10)17-9-16-13-8-11(15)5-6-14(13)17/h2-9H,1H3/p+1. The summed E-state index contributed by atoms with van der Waals surface area (Å²) in [6.07, 6.45) is 1.85. The molecule has 0 radical (unpaired) electrons. The highest BCUT2D eigenvalue weighted by molar-refractivity contribution is 5.71. The van der Waals surface area contributed by atoms with Crippen LogP contribution in [0.5, 0.6) is 0 Å². The Morgan fingerprint density at radius 3 is 2.82 bits per heavy atom. The maximum atomic E-state index is 13.1. The first kappa shape index (κ1) is 10.0. The molecular formula is C14H12FN2+. The Morgan fingerprint density at radius 2 is 2.00 bits per heavy atom. The fourth-order valence-electron chi connectivity index (χ4n) is 2.03. The molecule has 0 aliphatic heterocycles. The van der Waals surface area contributed by atoms with Crippen LogP contribution in [0.3, 0.4) is 0 Å². The normalized spacial score (nSPS) is 10.9. The molecule has 3 aromatic rings. The average molecular weight is 227 g/mol. The number of aromatic amines is 1. The van der Waals surface area contributed by atoms with E-state index < -0.39 is 0 Å². The summed E-state index contributed by atoms with van der Waals surface area (Å²) >= 11 is 0. The van der Waals surface area contributed by atoms with E-state index in [0.29, 0.717) is 0 Å². The van der Waals surface area contributed by atoms with Gasteiger partial charge in [0.05, 0.1) is 0 Å². The molecule has 0 fully saturated rings. The number of hydrogen-bond acceptors (Lipinski definition) is 0. The van der Waals surface area contributed by atoms with Gasteiger partial charge in [-0.25, -0.2) is 9.37 Å². The van der Waals surface area contributed by atoms with Gasteiger partial charge >= 0.3 is 0 Å². The Morgan fingerprint density at radius 1 is 1.12 bits per heavy atom. The van der Waals surface area contributed by atoms with Crippen molar-refractivity contribution in [1.29, 1.82) is 0 Å². The summed E-state index contributed by atoms with van der Waals surface area (Å²) in [6, 6.07) is 13.0. The van der Waals surface area contributed by atoms with E-state index in [0.717, 1.165) is 16.7 Å². The third kappa shape index (κ3) is 1.69. The highest BCUT2D eigenvalue weighted by Crippen LogP contribution is 2.12. The number of benzene rings is 2. The van der Waals surface area contributed by atoms with Crippen LogP contribution >= 0.6 is 0 Å². The molecule has 84 valence electrons. The molecule has 0 bridgehead atoms. The smallest absolute Gasteiger partial charge is 0.243 e. The van der Waals surface area contributed by atoms with Crippen molar-refractivity contribution >= 4 is 11.0 Å². The zero-order chi connectivity index (χ0) is 11.8. The SMILES string of the molecule is Cc1cccc(-[n+]2c[nH]c3cc(F)ccc32)c1. The number of imidazole rings is 1. The highest BCUT2D eigenvalue weighted by Gasteiger charge is 2.12. The summed E-state index contributed by atoms with van der Waals surface area (Å²) in [5, 5.41) is 0. The number of aromatic nitrogens is 2. The van der Waals surface area contributed by atoms with Gasteiger partial charge in [0.2, 0.25) is 6.33 Å². The van der Waals surface area contributed by atoms with E-state index in [4.69, 9.17) is 0 Å². The van der Waals surface area contributed by atoms with Gasteiger partial charge < -0.3 is 0 Å². The Bertz CT molecular complexity index is 686. The van der Waals surface area contributed by atoms with E-state index in [-0.39, 0.29) is 5.82 Å². The molecule has 0 saturated carbocycles. The Hall–Kier alpha value is -2.16. The van der Waals surface area contributed by atoms with E-state index in [1.54, 1.807) is 6.07 Å². The molecule has 0 unspecified atom stereocenters. The van der Waals surface area contributed by atoms with Crippen molar-refractivity contribution in [3.8, 4) is 5.69 Å². The van der Waals surface area contributed by atoms with Gasteiger partial charge in [0, 0.05) is 6.07 Å². The molecule has 17 heavy (non-hydrogen) atoms. The second kappa shape index (κ2) is 3.70. The topological polar surface area (TPSA) is 19.7 Å². The number of fused-ring (bicyclic) bond motifs is 1. The number of aryl methyl sites for hydroxylation is 1. The van der Waals surface area contributed by atoms with Gasteiger partial charge in [0.25, 0.3) is 0 Å². The second-order valence-electron chi connectivity index (χ2n) is 4.14. The third-order valence-corrected chi connectivity index (χ3v) is 2.85. The number of H-pyrrole nitrogens is 1. The lowest BCUT2D eigenvalue weighted by molar-refractivity contribution is -0.567. The van der Waals surface area contributed by atoms with Crippen LogP contribution in [0.15, 0.2) is 48.8 Å². The number of rotatable bonds is 1. The molecule has 0 saturated heterocycles. The Balaban J connectivity index is 2.24. The molecule has 2 nitrogen and oxygen atoms in total. The summed E-state index contributed by atoms with van der Waals surface area (Å²) in [6.45, 7) is 2.05. The molecule has 3 heteroatoms. The zero-order valence-corrected chi connectivity index (χ0v) is 9.44. The first-order valence-corrected chi connectivity index (χ1v) is 5.49. The van der Waals surface area contributed by atoms with Gasteiger partial charge in [-0.05, 0) is 36.8 Å². The first-order chi connectivity index (χ1) is 8.24. The van der Waals surface area contributed by atoms with E-state index >= 15 is 0 Å². The molecule has 0 aliphatic rings. The van der Waals surface area contributed by atoms with Gasteiger partial charge in [-0.3, -0.25) is 0 Å². The minimum Gasteiger partial charge on any atom is -0.243 e. The third-order valence-electron chi connectivity index (χ3n) is 2.85. The maximum Gasteiger partial charge on any atom is 0.247 e. The average Bonchev–Trinajstić information content (AvgIpc) is 2.71. The van der Waals surface area contributed by atoms with Crippen LogP contribution in [0.2, 0.25) is 0 Å². The Kier molecular flexibility index (Phi) is 2.18. The zero-order valence-electron chi connectivity index (χ0n) is 9.44. The van der Waals surface area contributed by atoms with Crippen molar-refractivity contribution in [2.45, 2.75) is 6.92 Å². The van der Waals surface area contributed by atoms with E-state index in [2.05, 4.69) is 24.0 Å². The van der Waals surface area contributed by atoms with Gasteiger partial charge in [0.15, 0.2) is 11.0 Å². The van der Waals surface area contributed by atoms with Gasteiger partial charge in [0.1, 0.15) is 11.5 Å². The highest BCUT2D eigenvalue weighted by atomic mass is 19.1. The van der Waals surface area contributed by atoms with Crippen LogP contribution in [-0.2, 0) is 0 Å². The van der Waals surface area contributed by atoms with Gasteiger partial charge in [-0.1, -0.05) is 12.1 Å². The molecule has 1 N–H and O–H groups in total. The summed E-state index contributed by atoms with van der Waals surface area (Å²) in [5.74, 6) is -0.226. The van der Waals surface area contributed by atoms with Crippen LogP contribution in [0.25, 0.3) is 16.7 Å². The van der Waals surface area contributed by atoms with Crippen LogP contribution in [0.4, 0.5) is 4.39 Å². The largest absolute Gasteiger partial charge is 0.247 e. The summed E-state index contributed by atoms with van der Waals surface area (Å²) in [7, 11) is 0. The quantitative estimate of drug-likeness (QED) is 0.617. The van der Waals surface area contributed by atoms with E-state index in [1.807, 2.05) is 23.0 Å². The minimum atomic E-state index is -0.226. The molecule has 2 aromatic carbocycles. The van der Waals surface area contributed by atoms with Crippen molar-refractivity contribution in [3.63, 3.8) is 0 Å². The summed E-state index contributed by atoms with van der Waals surface area (Å²) in [5.41, 5.74) is 4.04. The number of nitrogens with zero attached hydrogens (tertiary/aromatic N) is 1. The lowest BCUT2D eigenvalue weighted by Crippen LogP contribution is -2.28. The number of hydrogen-bond donors (Lipinski definition) is 1. The molecule has 1 heterocycles. The molecule has 1 aromatic heterocycles. The van der Waals surface area contributed by atoms with E-state index in [9.17, 15) is 4.39 Å². The molecule has 0 amide bonds. The maximum absolute atomic E-state index is 13.1. The van der Waals surface area contributed by atoms with Crippen LogP contribution in [0.1, 0.15) is 5.56 Å². The first-order valence-electron chi connectivity index (χ1n) is 5.49. The summed E-state index contributed by atoms with van der Waals surface area (Å²) < 4.78 is 15.1. The van der Waals surface area contributed by atoms with Crippen molar-refractivity contribution in [3.05, 3.63) is 60.2 Å². The summed E-state index contributed by atoms with van der Waals surface area (Å²) in [4.78, 5) is 3.07. The van der Waals surface area contributed by atoms with Crippen molar-refractivity contribution < 1.29 is 8.96 Å². The van der Waals surface area contributed by atoms with Gasteiger partial charge in [-0.2, -0.15) is 4.57 Å². The second-order valence-corrected chi connectivity index (χ2v) is 4.14. The van der Waals surface area contributed by atoms with Crippen LogP contribution < -0.4 is 4.57 Å². The van der Waals surface area contributed by atoms with Crippen molar-refractivity contribution in [1.82, 2.24) is 4.98 Å².